The molecule has 1 heterocycles. The SMILES string of the molecule is O=C(NCc1ccc(Cl)c(Cl)c1)Nc1cccc2cnc(Cl)cc12. The van der Waals surface area contributed by atoms with Crippen molar-refractivity contribution in [2.45, 2.75) is 6.54 Å². The van der Waals surface area contributed by atoms with Crippen molar-refractivity contribution >= 4 is 57.3 Å². The summed E-state index contributed by atoms with van der Waals surface area (Å²) in [4.78, 5) is 16.2. The normalized spacial score (nSPS) is 10.6. The van der Waals surface area contributed by atoms with E-state index in [-0.39, 0.29) is 6.03 Å². The van der Waals surface area contributed by atoms with E-state index in [0.29, 0.717) is 27.4 Å². The number of aromatic nitrogens is 1. The van der Waals surface area contributed by atoms with Crippen molar-refractivity contribution in [3.8, 4) is 0 Å². The highest BCUT2D eigenvalue weighted by Gasteiger charge is 2.07. The number of hydrogen-bond donors (Lipinski definition) is 2. The minimum absolute atomic E-state index is 0.329. The van der Waals surface area contributed by atoms with Crippen LogP contribution in [0.15, 0.2) is 48.7 Å². The summed E-state index contributed by atoms with van der Waals surface area (Å²) >= 11 is 17.8. The number of amides is 2. The fourth-order valence-electron chi connectivity index (χ4n) is 2.25. The van der Waals surface area contributed by atoms with Crippen molar-refractivity contribution in [1.29, 1.82) is 0 Å². The molecule has 24 heavy (non-hydrogen) atoms. The third kappa shape index (κ3) is 3.90. The first-order chi connectivity index (χ1) is 11.5. The Morgan fingerprint density at radius 3 is 2.67 bits per heavy atom. The molecule has 0 radical (unpaired) electrons. The molecule has 2 amide bonds. The van der Waals surface area contributed by atoms with Crippen molar-refractivity contribution < 1.29 is 4.79 Å². The highest BCUT2D eigenvalue weighted by molar-refractivity contribution is 6.42. The summed E-state index contributed by atoms with van der Waals surface area (Å²) < 4.78 is 0. The zero-order valence-corrected chi connectivity index (χ0v) is 14.6. The number of pyridine rings is 1. The number of halogens is 3. The fraction of sp³-hybridized carbons (Fsp3) is 0.0588. The number of carbonyl (C=O) groups is 1. The van der Waals surface area contributed by atoms with E-state index >= 15 is 0 Å². The van der Waals surface area contributed by atoms with E-state index < -0.39 is 0 Å². The second-order valence-electron chi connectivity index (χ2n) is 5.09. The number of nitrogens with one attached hydrogen (secondary N) is 2. The fourth-order valence-corrected chi connectivity index (χ4v) is 2.73. The minimum atomic E-state index is -0.332. The van der Waals surface area contributed by atoms with Gasteiger partial charge in [0.25, 0.3) is 0 Å². The van der Waals surface area contributed by atoms with Crippen molar-refractivity contribution in [3.05, 3.63) is 69.4 Å². The van der Waals surface area contributed by atoms with Gasteiger partial charge in [0.1, 0.15) is 5.15 Å². The van der Waals surface area contributed by atoms with Crippen LogP contribution in [-0.2, 0) is 6.54 Å². The Balaban J connectivity index is 1.71. The highest BCUT2D eigenvalue weighted by atomic mass is 35.5. The Bertz CT molecular complexity index is 915. The molecule has 0 atom stereocenters. The average molecular weight is 381 g/mol. The second kappa shape index (κ2) is 7.26. The molecule has 1 aromatic heterocycles. The summed E-state index contributed by atoms with van der Waals surface area (Å²) in [5.41, 5.74) is 1.51. The van der Waals surface area contributed by atoms with E-state index in [2.05, 4.69) is 15.6 Å². The van der Waals surface area contributed by atoms with Crippen LogP contribution in [0.2, 0.25) is 15.2 Å². The van der Waals surface area contributed by atoms with Crippen LogP contribution in [0.4, 0.5) is 10.5 Å². The van der Waals surface area contributed by atoms with E-state index in [1.807, 2.05) is 12.1 Å². The van der Waals surface area contributed by atoms with Gasteiger partial charge in [0.05, 0.1) is 15.7 Å². The van der Waals surface area contributed by atoms with Crippen LogP contribution in [0.3, 0.4) is 0 Å². The molecule has 7 heteroatoms. The molecule has 0 saturated carbocycles. The Labute approximate surface area is 153 Å². The molecule has 4 nitrogen and oxygen atoms in total. The van der Waals surface area contributed by atoms with Crippen LogP contribution in [0.1, 0.15) is 5.56 Å². The second-order valence-corrected chi connectivity index (χ2v) is 6.29. The number of fused-ring (bicyclic) bond motifs is 1. The average Bonchev–Trinajstić information content (AvgIpc) is 2.56. The van der Waals surface area contributed by atoms with Gasteiger partial charge in [0.2, 0.25) is 0 Å². The maximum Gasteiger partial charge on any atom is 0.319 e. The van der Waals surface area contributed by atoms with E-state index in [9.17, 15) is 4.79 Å². The number of benzene rings is 2. The number of rotatable bonds is 3. The van der Waals surface area contributed by atoms with Crippen LogP contribution >= 0.6 is 34.8 Å². The van der Waals surface area contributed by atoms with Gasteiger partial charge in [-0.1, -0.05) is 53.0 Å². The lowest BCUT2D eigenvalue weighted by atomic mass is 10.1. The van der Waals surface area contributed by atoms with Gasteiger partial charge in [-0.25, -0.2) is 9.78 Å². The van der Waals surface area contributed by atoms with Crippen LogP contribution in [0.5, 0.6) is 0 Å². The number of carbonyl (C=O) groups excluding carboxylic acids is 1. The van der Waals surface area contributed by atoms with Crippen molar-refractivity contribution in [2.24, 2.45) is 0 Å². The molecule has 0 aliphatic carbocycles. The smallest absolute Gasteiger partial charge is 0.319 e. The number of urea groups is 1. The number of hydrogen-bond acceptors (Lipinski definition) is 2. The predicted molar refractivity (Wildman–Crippen MR) is 99.1 cm³/mol. The van der Waals surface area contributed by atoms with Crippen LogP contribution in [0.25, 0.3) is 10.8 Å². The quantitative estimate of drug-likeness (QED) is 0.588. The van der Waals surface area contributed by atoms with Crippen LogP contribution in [-0.4, -0.2) is 11.0 Å². The van der Waals surface area contributed by atoms with Gasteiger partial charge < -0.3 is 10.6 Å². The Morgan fingerprint density at radius 1 is 1.04 bits per heavy atom. The molecule has 0 fully saturated rings. The third-order valence-electron chi connectivity index (χ3n) is 3.42. The molecule has 2 N–H and O–H groups in total. The first-order valence-electron chi connectivity index (χ1n) is 7.06. The molecule has 2 aromatic carbocycles. The van der Waals surface area contributed by atoms with Crippen molar-refractivity contribution in [3.63, 3.8) is 0 Å². The summed E-state index contributed by atoms with van der Waals surface area (Å²) in [5, 5.41) is 8.60. The topological polar surface area (TPSA) is 54.0 Å². The highest BCUT2D eigenvalue weighted by Crippen LogP contribution is 2.25. The Kier molecular flexibility index (Phi) is 5.09. The van der Waals surface area contributed by atoms with Gasteiger partial charge in [-0.2, -0.15) is 0 Å². The molecule has 3 aromatic rings. The standard InChI is InChI=1S/C17H12Cl3N3O/c18-13-5-4-10(6-14(13)19)8-22-17(24)23-15-3-1-2-11-9-21-16(20)7-12(11)15/h1-7,9H,8H2,(H2,22,23,24). The number of anilines is 1. The van der Waals surface area contributed by atoms with Crippen LogP contribution < -0.4 is 10.6 Å². The van der Waals surface area contributed by atoms with Gasteiger partial charge in [-0.15, -0.1) is 0 Å². The van der Waals surface area contributed by atoms with Gasteiger partial charge in [-0.3, -0.25) is 0 Å². The van der Waals surface area contributed by atoms with E-state index in [1.165, 1.54) is 0 Å². The molecule has 0 saturated heterocycles. The summed E-state index contributed by atoms with van der Waals surface area (Å²) in [6, 6.07) is 12.1. The van der Waals surface area contributed by atoms with Crippen molar-refractivity contribution in [1.82, 2.24) is 10.3 Å². The molecular weight excluding hydrogens is 369 g/mol. The lowest BCUT2D eigenvalue weighted by Crippen LogP contribution is -2.28. The molecule has 0 bridgehead atoms. The summed E-state index contributed by atoms with van der Waals surface area (Å²) in [7, 11) is 0. The van der Waals surface area contributed by atoms with Gasteiger partial charge in [-0.05, 0) is 29.8 Å². The summed E-state index contributed by atoms with van der Waals surface area (Å²) in [5.74, 6) is 0. The van der Waals surface area contributed by atoms with E-state index in [1.54, 1.807) is 36.5 Å². The minimum Gasteiger partial charge on any atom is -0.334 e. The van der Waals surface area contributed by atoms with E-state index in [4.69, 9.17) is 34.8 Å². The summed E-state index contributed by atoms with van der Waals surface area (Å²) in [6.07, 6.45) is 1.66. The summed E-state index contributed by atoms with van der Waals surface area (Å²) in [6.45, 7) is 0.329. The molecule has 0 spiro atoms. The lowest BCUT2D eigenvalue weighted by Gasteiger charge is -2.10. The Hall–Kier alpha value is -2.01. The first kappa shape index (κ1) is 16.8. The predicted octanol–water partition coefficient (Wildman–Crippen LogP) is 5.52. The maximum absolute atomic E-state index is 12.1. The van der Waals surface area contributed by atoms with Gasteiger partial charge >= 0.3 is 6.03 Å². The molecule has 0 aliphatic rings. The lowest BCUT2D eigenvalue weighted by molar-refractivity contribution is 0.252. The molecule has 3 rings (SSSR count). The van der Waals surface area contributed by atoms with Crippen LogP contribution in [0, 0.1) is 0 Å². The maximum atomic E-state index is 12.1. The molecule has 0 aliphatic heterocycles. The largest absolute Gasteiger partial charge is 0.334 e. The van der Waals surface area contributed by atoms with E-state index in [0.717, 1.165) is 16.3 Å². The zero-order chi connectivity index (χ0) is 17.1. The van der Waals surface area contributed by atoms with Gasteiger partial charge in [0.15, 0.2) is 0 Å². The third-order valence-corrected chi connectivity index (χ3v) is 4.36. The molecular formula is C17H12Cl3N3O. The first-order valence-corrected chi connectivity index (χ1v) is 8.19. The zero-order valence-electron chi connectivity index (χ0n) is 12.3. The number of nitrogens with zero attached hydrogens (tertiary/aromatic N) is 1. The molecule has 122 valence electrons. The van der Waals surface area contributed by atoms with Crippen molar-refractivity contribution in [2.75, 3.05) is 5.32 Å². The van der Waals surface area contributed by atoms with Gasteiger partial charge in [0, 0.05) is 23.5 Å². The monoisotopic (exact) mass is 379 g/mol. The Morgan fingerprint density at radius 2 is 1.88 bits per heavy atom. The molecule has 0 unspecified atom stereocenters.